The van der Waals surface area contributed by atoms with E-state index in [1.807, 2.05) is 85.5 Å². The molecule has 192 valence electrons. The van der Waals surface area contributed by atoms with Crippen molar-refractivity contribution in [3.05, 3.63) is 107 Å². The van der Waals surface area contributed by atoms with Crippen LogP contribution in [0.5, 0.6) is 5.75 Å². The van der Waals surface area contributed by atoms with Crippen molar-refractivity contribution >= 4 is 39.7 Å². The van der Waals surface area contributed by atoms with Gasteiger partial charge in [-0.05, 0) is 61.4 Å². The lowest BCUT2D eigenvalue weighted by Crippen LogP contribution is -2.35. The topological polar surface area (TPSA) is 88.2 Å². The minimum absolute atomic E-state index is 0.188. The molecular weight excluding hydrogens is 476 g/mol. The third-order valence-electron chi connectivity index (χ3n) is 6.69. The van der Waals surface area contributed by atoms with E-state index in [-0.39, 0.29) is 17.5 Å². The van der Waals surface area contributed by atoms with Gasteiger partial charge in [-0.15, -0.1) is 0 Å². The van der Waals surface area contributed by atoms with Gasteiger partial charge in [0, 0.05) is 58.9 Å². The summed E-state index contributed by atoms with van der Waals surface area (Å²) in [6.07, 6.45) is 6.25. The number of benzene rings is 3. The Morgan fingerprint density at radius 1 is 1.03 bits per heavy atom. The molecule has 0 bridgehead atoms. The van der Waals surface area contributed by atoms with E-state index in [1.54, 1.807) is 25.3 Å². The Kier molecular flexibility index (Phi) is 7.00. The summed E-state index contributed by atoms with van der Waals surface area (Å²) >= 11 is 0. The fourth-order valence-corrected chi connectivity index (χ4v) is 4.60. The maximum Gasteiger partial charge on any atom is 0.267 e. The van der Waals surface area contributed by atoms with Crippen LogP contribution in [0.4, 0.5) is 0 Å². The minimum atomic E-state index is -0.351. The second-order valence-corrected chi connectivity index (χ2v) is 9.32. The number of aromatic nitrogens is 2. The van der Waals surface area contributed by atoms with E-state index in [9.17, 15) is 9.59 Å². The van der Waals surface area contributed by atoms with Crippen LogP contribution >= 0.6 is 0 Å². The Hall–Kier alpha value is -4.78. The first-order chi connectivity index (χ1) is 18.4. The minimum Gasteiger partial charge on any atom is -0.497 e. The average Bonchev–Trinajstić information content (AvgIpc) is 3.48. The predicted octanol–water partition coefficient (Wildman–Crippen LogP) is 5.11. The van der Waals surface area contributed by atoms with Gasteiger partial charge in [0.1, 0.15) is 11.4 Å². The lowest BCUT2D eigenvalue weighted by Gasteiger charge is -2.11. The maximum atomic E-state index is 13.4. The summed E-state index contributed by atoms with van der Waals surface area (Å²) < 4.78 is 7.36. The van der Waals surface area contributed by atoms with Gasteiger partial charge in [-0.3, -0.25) is 9.59 Å². The zero-order valence-electron chi connectivity index (χ0n) is 21.7. The van der Waals surface area contributed by atoms with E-state index in [0.717, 1.165) is 44.2 Å². The lowest BCUT2D eigenvalue weighted by molar-refractivity contribution is -0.117. The number of H-pyrrole nitrogens is 1. The van der Waals surface area contributed by atoms with E-state index in [1.165, 1.54) is 0 Å². The number of ether oxygens (including phenoxy) is 1. The predicted molar refractivity (Wildman–Crippen MR) is 151 cm³/mol. The molecule has 7 heteroatoms. The fourth-order valence-electron chi connectivity index (χ4n) is 4.60. The molecule has 0 radical (unpaired) electrons. The summed E-state index contributed by atoms with van der Waals surface area (Å²) in [5.74, 6) is 0.0905. The third-order valence-corrected chi connectivity index (χ3v) is 6.69. The van der Waals surface area contributed by atoms with Gasteiger partial charge in [-0.25, -0.2) is 0 Å². The largest absolute Gasteiger partial charge is 0.497 e. The molecule has 0 saturated heterocycles. The molecule has 7 nitrogen and oxygen atoms in total. The van der Waals surface area contributed by atoms with E-state index in [4.69, 9.17) is 4.74 Å². The number of nitrogens with one attached hydrogen (secondary N) is 3. The van der Waals surface area contributed by atoms with Crippen molar-refractivity contribution in [1.82, 2.24) is 20.2 Å². The second-order valence-electron chi connectivity index (χ2n) is 9.32. The van der Waals surface area contributed by atoms with Crippen LogP contribution in [0.1, 0.15) is 27.0 Å². The summed E-state index contributed by atoms with van der Waals surface area (Å²) in [4.78, 5) is 29.7. The summed E-state index contributed by atoms with van der Waals surface area (Å²) in [7, 11) is 3.60. The van der Waals surface area contributed by atoms with Crippen LogP contribution in [0.15, 0.2) is 84.8 Å². The molecule has 5 rings (SSSR count). The van der Waals surface area contributed by atoms with E-state index in [2.05, 4.69) is 15.6 Å². The number of fused-ring (bicyclic) bond motifs is 2. The highest BCUT2D eigenvalue weighted by Gasteiger charge is 2.16. The highest BCUT2D eigenvalue weighted by atomic mass is 16.5. The number of methoxy groups -OCH3 is 1. The normalized spacial score (nSPS) is 11.6. The van der Waals surface area contributed by atoms with Crippen LogP contribution in [0.25, 0.3) is 27.9 Å². The zero-order valence-corrected chi connectivity index (χ0v) is 21.7. The number of carbonyl (C=O) groups is 2. The number of hydrogen-bond acceptors (Lipinski definition) is 3. The number of aromatic amines is 1. The van der Waals surface area contributed by atoms with Crippen molar-refractivity contribution in [2.45, 2.75) is 13.3 Å². The van der Waals surface area contributed by atoms with Gasteiger partial charge in [0.2, 0.25) is 0 Å². The first-order valence-corrected chi connectivity index (χ1v) is 12.5. The van der Waals surface area contributed by atoms with E-state index >= 15 is 0 Å². The maximum absolute atomic E-state index is 13.4. The summed E-state index contributed by atoms with van der Waals surface area (Å²) in [6.45, 7) is 2.36. The van der Waals surface area contributed by atoms with Gasteiger partial charge in [-0.1, -0.05) is 35.9 Å². The molecule has 3 aromatic carbocycles. The molecule has 2 aromatic heterocycles. The average molecular weight is 507 g/mol. The molecule has 5 aromatic rings. The number of amides is 2. The quantitative estimate of drug-likeness (QED) is 0.256. The van der Waals surface area contributed by atoms with Gasteiger partial charge >= 0.3 is 0 Å². The fraction of sp³-hybridized carbons (Fsp3) is 0.161. The van der Waals surface area contributed by atoms with Crippen LogP contribution in [0.3, 0.4) is 0 Å². The van der Waals surface area contributed by atoms with Crippen LogP contribution in [0, 0.1) is 6.92 Å². The van der Waals surface area contributed by atoms with Crippen molar-refractivity contribution in [2.24, 2.45) is 7.05 Å². The number of para-hydroxylation sites is 1. The standard InChI is InChI=1S/C31H30N4O3/c1-20-8-10-21(11-9-20)30(36)34-28(16-23-19-35(2)29-7-5-4-6-25(23)29)31(37)32-15-14-22-18-33-27-13-12-24(38-3)17-26(22)27/h4-13,16-19,33H,14-15H2,1-3H3,(H,32,37)(H,34,36)/b28-16-. The molecule has 0 fully saturated rings. The molecule has 2 heterocycles. The van der Waals surface area contributed by atoms with Gasteiger partial charge in [-0.2, -0.15) is 0 Å². The lowest BCUT2D eigenvalue weighted by atomic mass is 10.1. The van der Waals surface area contributed by atoms with Crippen molar-refractivity contribution in [3.63, 3.8) is 0 Å². The molecule has 3 N–H and O–H groups in total. The number of carbonyl (C=O) groups excluding carboxylic acids is 2. The Labute approximate surface area is 221 Å². The Bertz CT molecular complexity index is 1660. The molecule has 0 unspecified atom stereocenters. The van der Waals surface area contributed by atoms with Crippen molar-refractivity contribution in [3.8, 4) is 5.75 Å². The van der Waals surface area contributed by atoms with Gasteiger partial charge in [0.15, 0.2) is 0 Å². The number of nitrogens with zero attached hydrogens (tertiary/aromatic N) is 1. The monoisotopic (exact) mass is 506 g/mol. The van der Waals surface area contributed by atoms with Gasteiger partial charge in [0.25, 0.3) is 11.8 Å². The summed E-state index contributed by atoms with van der Waals surface area (Å²) in [5, 5.41) is 7.87. The van der Waals surface area contributed by atoms with Crippen LogP contribution in [-0.2, 0) is 18.3 Å². The summed E-state index contributed by atoms with van der Waals surface area (Å²) in [5.41, 5.74) is 5.70. The highest BCUT2D eigenvalue weighted by Crippen LogP contribution is 2.24. The first kappa shape index (κ1) is 24.9. The number of hydrogen-bond donors (Lipinski definition) is 3. The van der Waals surface area contributed by atoms with Crippen LogP contribution in [0.2, 0.25) is 0 Å². The first-order valence-electron chi connectivity index (χ1n) is 12.5. The van der Waals surface area contributed by atoms with Crippen molar-refractivity contribution in [2.75, 3.05) is 13.7 Å². The third kappa shape index (κ3) is 5.18. The molecule has 2 amide bonds. The molecule has 0 aliphatic carbocycles. The molecule has 0 atom stereocenters. The molecule has 0 spiro atoms. The molecular formula is C31H30N4O3. The highest BCUT2D eigenvalue weighted by molar-refractivity contribution is 6.06. The smallest absolute Gasteiger partial charge is 0.267 e. The second kappa shape index (κ2) is 10.7. The van der Waals surface area contributed by atoms with E-state index < -0.39 is 0 Å². The SMILES string of the molecule is COc1ccc2[nH]cc(CCNC(=O)/C(=C/c3cn(C)c4ccccc34)NC(=O)c3ccc(C)cc3)c2c1. The van der Waals surface area contributed by atoms with Crippen LogP contribution < -0.4 is 15.4 Å². The van der Waals surface area contributed by atoms with Crippen molar-refractivity contribution in [1.29, 1.82) is 0 Å². The van der Waals surface area contributed by atoms with Gasteiger partial charge < -0.3 is 24.9 Å². The molecule has 0 saturated carbocycles. The molecule has 0 aliphatic rings. The Morgan fingerprint density at radius 2 is 1.82 bits per heavy atom. The van der Waals surface area contributed by atoms with Gasteiger partial charge in [0.05, 0.1) is 7.11 Å². The van der Waals surface area contributed by atoms with E-state index in [0.29, 0.717) is 18.5 Å². The van der Waals surface area contributed by atoms with Crippen LogP contribution in [-0.4, -0.2) is 35.0 Å². The molecule has 38 heavy (non-hydrogen) atoms. The number of rotatable bonds is 8. The zero-order chi connectivity index (χ0) is 26.6. The number of aryl methyl sites for hydroxylation is 2. The van der Waals surface area contributed by atoms with Crippen molar-refractivity contribution < 1.29 is 14.3 Å². The molecule has 0 aliphatic heterocycles. The Balaban J connectivity index is 1.38. The Morgan fingerprint density at radius 3 is 2.61 bits per heavy atom. The summed E-state index contributed by atoms with van der Waals surface area (Å²) in [6, 6.07) is 21.1.